The van der Waals surface area contributed by atoms with Crippen molar-refractivity contribution < 1.29 is 18.0 Å². The van der Waals surface area contributed by atoms with Crippen LogP contribution in [0.2, 0.25) is 0 Å². The molecule has 1 heterocycles. The van der Waals surface area contributed by atoms with E-state index in [4.69, 9.17) is 5.26 Å². The highest BCUT2D eigenvalue weighted by Gasteiger charge is 2.34. The highest BCUT2D eigenvalue weighted by Crippen LogP contribution is 2.22. The van der Waals surface area contributed by atoms with E-state index < -0.39 is 12.7 Å². The Kier molecular flexibility index (Phi) is 6.04. The Hall–Kier alpha value is -2.27. The molecule has 130 valence electrons. The molecule has 1 aromatic rings. The fraction of sp³-hybridized carbons (Fsp3) is 0.500. The molecule has 1 fully saturated rings. The Morgan fingerprint density at radius 1 is 1.33 bits per heavy atom. The first-order valence-corrected chi connectivity index (χ1v) is 7.65. The number of carbonyl (C=O) groups excluding carboxylic acids is 1. The molecule has 1 aromatic carbocycles. The minimum atomic E-state index is -4.18. The van der Waals surface area contributed by atoms with Gasteiger partial charge in [-0.05, 0) is 43.1 Å². The lowest BCUT2D eigenvalue weighted by Crippen LogP contribution is -2.36. The zero-order chi connectivity index (χ0) is 17.6. The first-order valence-electron chi connectivity index (χ1n) is 7.65. The SMILES string of the molecule is N#Cc1ccc(NCC(=O)NCC2CCN(CC(F)(F)F)C2)cc1. The molecule has 0 aromatic heterocycles. The summed E-state index contributed by atoms with van der Waals surface area (Å²) in [6.07, 6.45) is -3.53. The van der Waals surface area contributed by atoms with Gasteiger partial charge in [-0.3, -0.25) is 9.69 Å². The molecule has 24 heavy (non-hydrogen) atoms. The predicted molar refractivity (Wildman–Crippen MR) is 83.3 cm³/mol. The van der Waals surface area contributed by atoms with Crippen molar-refractivity contribution in [1.82, 2.24) is 10.2 Å². The average molecular weight is 340 g/mol. The summed E-state index contributed by atoms with van der Waals surface area (Å²) in [6.45, 7) is 0.317. The van der Waals surface area contributed by atoms with Crippen molar-refractivity contribution in [2.75, 3.05) is 38.0 Å². The second-order valence-electron chi connectivity index (χ2n) is 5.85. The van der Waals surface area contributed by atoms with Gasteiger partial charge in [0, 0.05) is 18.8 Å². The number of carbonyl (C=O) groups is 1. The third kappa shape index (κ3) is 6.08. The Morgan fingerprint density at radius 3 is 2.67 bits per heavy atom. The molecule has 8 heteroatoms. The van der Waals surface area contributed by atoms with Crippen LogP contribution in [0, 0.1) is 17.2 Å². The fourth-order valence-corrected chi connectivity index (χ4v) is 2.64. The third-order valence-corrected chi connectivity index (χ3v) is 3.83. The second kappa shape index (κ2) is 8.02. The van der Waals surface area contributed by atoms with Crippen LogP contribution in [-0.2, 0) is 4.79 Å². The van der Waals surface area contributed by atoms with E-state index in [0.29, 0.717) is 31.6 Å². The number of likely N-dealkylation sites (tertiary alicyclic amines) is 1. The van der Waals surface area contributed by atoms with Crippen LogP contribution in [0.25, 0.3) is 0 Å². The summed E-state index contributed by atoms with van der Waals surface area (Å²) >= 11 is 0. The van der Waals surface area contributed by atoms with E-state index in [9.17, 15) is 18.0 Å². The normalized spacial score (nSPS) is 18.2. The van der Waals surface area contributed by atoms with Gasteiger partial charge in [0.2, 0.25) is 5.91 Å². The minimum absolute atomic E-state index is 0.0474. The lowest BCUT2D eigenvalue weighted by Gasteiger charge is -2.18. The van der Waals surface area contributed by atoms with Gasteiger partial charge < -0.3 is 10.6 Å². The highest BCUT2D eigenvalue weighted by atomic mass is 19.4. The van der Waals surface area contributed by atoms with E-state index in [-0.39, 0.29) is 18.4 Å². The van der Waals surface area contributed by atoms with Gasteiger partial charge in [-0.2, -0.15) is 18.4 Å². The number of alkyl halides is 3. The topological polar surface area (TPSA) is 68.2 Å². The maximum absolute atomic E-state index is 12.3. The lowest BCUT2D eigenvalue weighted by molar-refractivity contribution is -0.143. The summed E-state index contributed by atoms with van der Waals surface area (Å²) in [5.74, 6) is -0.167. The Bertz CT molecular complexity index is 595. The summed E-state index contributed by atoms with van der Waals surface area (Å²) in [5.41, 5.74) is 1.26. The third-order valence-electron chi connectivity index (χ3n) is 3.83. The summed E-state index contributed by atoms with van der Waals surface area (Å²) < 4.78 is 37.0. The van der Waals surface area contributed by atoms with Gasteiger partial charge in [-0.25, -0.2) is 0 Å². The lowest BCUT2D eigenvalue weighted by atomic mass is 10.1. The second-order valence-corrected chi connectivity index (χ2v) is 5.85. The van der Waals surface area contributed by atoms with Gasteiger partial charge in [-0.1, -0.05) is 0 Å². The molecule has 2 rings (SSSR count). The molecular weight excluding hydrogens is 321 g/mol. The number of nitriles is 1. The van der Waals surface area contributed by atoms with Crippen LogP contribution < -0.4 is 10.6 Å². The first kappa shape index (κ1) is 18.1. The molecule has 0 radical (unpaired) electrons. The molecule has 0 spiro atoms. The number of nitrogens with zero attached hydrogens (tertiary/aromatic N) is 2. The average Bonchev–Trinajstić information content (AvgIpc) is 2.97. The van der Waals surface area contributed by atoms with Gasteiger partial charge in [0.05, 0.1) is 24.7 Å². The Labute approximate surface area is 138 Å². The van der Waals surface area contributed by atoms with Gasteiger partial charge in [0.25, 0.3) is 0 Å². The van der Waals surface area contributed by atoms with E-state index >= 15 is 0 Å². The molecule has 1 atom stereocenters. The summed E-state index contributed by atoms with van der Waals surface area (Å²) in [5, 5.41) is 14.4. The van der Waals surface area contributed by atoms with E-state index in [0.717, 1.165) is 5.69 Å². The van der Waals surface area contributed by atoms with Gasteiger partial charge in [0.1, 0.15) is 0 Å². The van der Waals surface area contributed by atoms with Crippen LogP contribution in [0.3, 0.4) is 0 Å². The van der Waals surface area contributed by atoms with Crippen molar-refractivity contribution in [2.45, 2.75) is 12.6 Å². The molecule has 1 unspecified atom stereocenters. The van der Waals surface area contributed by atoms with Crippen molar-refractivity contribution in [1.29, 1.82) is 5.26 Å². The summed E-state index contributed by atoms with van der Waals surface area (Å²) in [7, 11) is 0. The van der Waals surface area contributed by atoms with Crippen LogP contribution >= 0.6 is 0 Å². The largest absolute Gasteiger partial charge is 0.401 e. The molecular formula is C16H19F3N4O. The monoisotopic (exact) mass is 340 g/mol. The maximum atomic E-state index is 12.3. The van der Waals surface area contributed by atoms with Gasteiger partial charge >= 0.3 is 6.18 Å². The van der Waals surface area contributed by atoms with E-state index in [1.54, 1.807) is 24.3 Å². The number of benzene rings is 1. The zero-order valence-corrected chi connectivity index (χ0v) is 13.1. The van der Waals surface area contributed by atoms with Crippen molar-refractivity contribution in [2.24, 2.45) is 5.92 Å². The number of halogens is 3. The van der Waals surface area contributed by atoms with Crippen molar-refractivity contribution in [3.8, 4) is 6.07 Å². The maximum Gasteiger partial charge on any atom is 0.401 e. The van der Waals surface area contributed by atoms with Crippen molar-refractivity contribution >= 4 is 11.6 Å². The van der Waals surface area contributed by atoms with Crippen molar-refractivity contribution in [3.05, 3.63) is 29.8 Å². The van der Waals surface area contributed by atoms with Crippen LogP contribution in [0.4, 0.5) is 18.9 Å². The van der Waals surface area contributed by atoms with Gasteiger partial charge in [-0.15, -0.1) is 0 Å². The summed E-state index contributed by atoms with van der Waals surface area (Å²) in [6, 6.07) is 8.71. The quantitative estimate of drug-likeness (QED) is 0.831. The molecule has 5 nitrogen and oxygen atoms in total. The standard InChI is InChI=1S/C16H19F3N4O/c17-16(18,19)11-23-6-5-13(10-23)8-22-15(24)9-21-14-3-1-12(7-20)2-4-14/h1-4,13,21H,5-6,8-11H2,(H,22,24). The van der Waals surface area contributed by atoms with E-state index in [2.05, 4.69) is 10.6 Å². The number of nitrogens with one attached hydrogen (secondary N) is 2. The molecule has 1 amide bonds. The van der Waals surface area contributed by atoms with Gasteiger partial charge in [0.15, 0.2) is 0 Å². The molecule has 0 aliphatic carbocycles. The molecule has 1 aliphatic rings. The van der Waals surface area contributed by atoms with Crippen LogP contribution in [0.15, 0.2) is 24.3 Å². The molecule has 0 bridgehead atoms. The predicted octanol–water partition coefficient (Wildman–Crippen LogP) is 1.97. The zero-order valence-electron chi connectivity index (χ0n) is 13.1. The number of hydrogen-bond donors (Lipinski definition) is 2. The highest BCUT2D eigenvalue weighted by molar-refractivity contribution is 5.80. The Balaban J connectivity index is 1.65. The smallest absolute Gasteiger partial charge is 0.376 e. The van der Waals surface area contributed by atoms with E-state index in [1.165, 1.54) is 4.90 Å². The van der Waals surface area contributed by atoms with E-state index in [1.807, 2.05) is 6.07 Å². The molecule has 1 aliphatic heterocycles. The van der Waals surface area contributed by atoms with Crippen LogP contribution in [0.1, 0.15) is 12.0 Å². The van der Waals surface area contributed by atoms with Crippen LogP contribution in [-0.4, -0.2) is 49.7 Å². The number of rotatable bonds is 6. The number of anilines is 1. The summed E-state index contributed by atoms with van der Waals surface area (Å²) in [4.78, 5) is 13.2. The van der Waals surface area contributed by atoms with Crippen molar-refractivity contribution in [3.63, 3.8) is 0 Å². The Morgan fingerprint density at radius 2 is 2.04 bits per heavy atom. The van der Waals surface area contributed by atoms with Crippen LogP contribution in [0.5, 0.6) is 0 Å². The molecule has 0 saturated carbocycles. The molecule has 1 saturated heterocycles. The minimum Gasteiger partial charge on any atom is -0.376 e. The number of hydrogen-bond acceptors (Lipinski definition) is 4. The fourth-order valence-electron chi connectivity index (χ4n) is 2.64. The number of amides is 1. The molecule has 2 N–H and O–H groups in total. The first-order chi connectivity index (χ1) is 11.4.